The van der Waals surface area contributed by atoms with E-state index in [1.54, 1.807) is 26.1 Å². The summed E-state index contributed by atoms with van der Waals surface area (Å²) < 4.78 is 12.0. The van der Waals surface area contributed by atoms with E-state index in [9.17, 15) is 14.4 Å². The SMILES string of the molecule is CC1(C)O[C@@H](C(=O)CCc2ccc(-c3ccncc3C(N)=O)cc2)[C@H](C(=O)N2CCCC2c2ccccc2)O1. The van der Waals surface area contributed by atoms with Gasteiger partial charge in [0.05, 0.1) is 11.6 Å². The van der Waals surface area contributed by atoms with Gasteiger partial charge < -0.3 is 20.1 Å². The van der Waals surface area contributed by atoms with Crippen LogP contribution in [-0.4, -0.2) is 52.0 Å². The number of carbonyl (C=O) groups excluding carboxylic acids is 3. The maximum absolute atomic E-state index is 13.7. The molecule has 2 saturated heterocycles. The topological polar surface area (TPSA) is 112 Å². The zero-order valence-corrected chi connectivity index (χ0v) is 22.2. The minimum atomic E-state index is -1.03. The fourth-order valence-electron chi connectivity index (χ4n) is 5.50. The predicted molar refractivity (Wildman–Crippen MR) is 145 cm³/mol. The predicted octanol–water partition coefficient (Wildman–Crippen LogP) is 4.23. The van der Waals surface area contributed by atoms with E-state index in [2.05, 4.69) is 4.98 Å². The average molecular weight is 528 g/mol. The molecule has 2 N–H and O–H groups in total. The molecule has 0 bridgehead atoms. The zero-order chi connectivity index (χ0) is 27.6. The Morgan fingerprint density at radius 3 is 2.44 bits per heavy atom. The van der Waals surface area contributed by atoms with Gasteiger partial charge in [-0.1, -0.05) is 54.6 Å². The van der Waals surface area contributed by atoms with Gasteiger partial charge in [-0.25, -0.2) is 0 Å². The molecule has 0 aliphatic carbocycles. The molecule has 0 saturated carbocycles. The summed E-state index contributed by atoms with van der Waals surface area (Å²) in [4.78, 5) is 44.6. The first-order valence-corrected chi connectivity index (χ1v) is 13.3. The summed E-state index contributed by atoms with van der Waals surface area (Å²) in [5, 5.41) is 0. The number of amides is 2. The Bertz CT molecular complexity index is 1360. The van der Waals surface area contributed by atoms with Gasteiger partial charge in [-0.15, -0.1) is 0 Å². The number of hydrogen-bond acceptors (Lipinski definition) is 6. The number of ether oxygens (including phenoxy) is 2. The summed E-state index contributed by atoms with van der Waals surface area (Å²) in [6, 6.07) is 19.3. The number of rotatable bonds is 8. The van der Waals surface area contributed by atoms with Gasteiger partial charge in [-0.2, -0.15) is 0 Å². The van der Waals surface area contributed by atoms with Crippen molar-refractivity contribution in [2.45, 2.75) is 63.6 Å². The average Bonchev–Trinajstić information content (AvgIpc) is 3.56. The Balaban J connectivity index is 1.26. The minimum absolute atomic E-state index is 0.0317. The second-order valence-corrected chi connectivity index (χ2v) is 10.5. The van der Waals surface area contributed by atoms with Gasteiger partial charge in [0.25, 0.3) is 11.8 Å². The summed E-state index contributed by atoms with van der Waals surface area (Å²) in [5.41, 5.74) is 9.41. The van der Waals surface area contributed by atoms with Crippen molar-refractivity contribution in [3.05, 3.63) is 89.7 Å². The van der Waals surface area contributed by atoms with Crippen molar-refractivity contribution in [3.8, 4) is 11.1 Å². The first-order chi connectivity index (χ1) is 18.7. The van der Waals surface area contributed by atoms with Crippen molar-refractivity contribution < 1.29 is 23.9 Å². The number of carbonyl (C=O) groups is 3. The molecule has 5 rings (SSSR count). The van der Waals surface area contributed by atoms with E-state index in [1.807, 2.05) is 59.5 Å². The number of pyridine rings is 1. The van der Waals surface area contributed by atoms with Crippen LogP contribution >= 0.6 is 0 Å². The standard InChI is InChI=1S/C31H33N3O5/c1-31(2)38-27(28(39-31)30(37)34-18-6-9-25(34)22-7-4-3-5-8-22)26(35)15-12-20-10-13-21(14-11-20)23-16-17-33-19-24(23)29(32)36/h3-5,7-8,10-11,13-14,16-17,19,25,27-28H,6,9,12,15,18H2,1-2H3,(H2,32,36)/t25?,27-,28+/m0/s1. The van der Waals surface area contributed by atoms with Crippen LogP contribution in [0.2, 0.25) is 0 Å². The number of nitrogens with two attached hydrogens (primary N) is 1. The molecule has 3 aromatic rings. The van der Waals surface area contributed by atoms with Crippen molar-refractivity contribution in [1.29, 1.82) is 0 Å². The van der Waals surface area contributed by atoms with Crippen molar-refractivity contribution in [2.75, 3.05) is 6.54 Å². The summed E-state index contributed by atoms with van der Waals surface area (Å²) in [6.07, 6.45) is 3.60. The van der Waals surface area contributed by atoms with Gasteiger partial charge in [0, 0.05) is 25.4 Å². The molecule has 0 radical (unpaired) electrons. The van der Waals surface area contributed by atoms with Crippen LogP contribution in [0.25, 0.3) is 11.1 Å². The lowest BCUT2D eigenvalue weighted by Crippen LogP contribution is -2.46. The van der Waals surface area contributed by atoms with E-state index in [0.717, 1.165) is 29.5 Å². The second kappa shape index (κ2) is 11.1. The highest BCUT2D eigenvalue weighted by molar-refractivity contribution is 5.99. The van der Waals surface area contributed by atoms with Crippen LogP contribution in [0, 0.1) is 0 Å². The van der Waals surface area contributed by atoms with Crippen LogP contribution in [0.3, 0.4) is 0 Å². The molecule has 1 unspecified atom stereocenters. The third-order valence-corrected chi connectivity index (χ3v) is 7.39. The second-order valence-electron chi connectivity index (χ2n) is 10.5. The van der Waals surface area contributed by atoms with Gasteiger partial charge in [-0.05, 0) is 61.4 Å². The van der Waals surface area contributed by atoms with Crippen molar-refractivity contribution in [1.82, 2.24) is 9.88 Å². The monoisotopic (exact) mass is 527 g/mol. The molecule has 3 atom stereocenters. The first-order valence-electron chi connectivity index (χ1n) is 13.3. The molecule has 1 aromatic heterocycles. The van der Waals surface area contributed by atoms with Gasteiger partial charge in [0.1, 0.15) is 0 Å². The van der Waals surface area contributed by atoms with Crippen LogP contribution in [0.4, 0.5) is 0 Å². The Morgan fingerprint density at radius 1 is 1.00 bits per heavy atom. The summed E-state index contributed by atoms with van der Waals surface area (Å²) in [5.74, 6) is -1.93. The van der Waals surface area contributed by atoms with Crippen LogP contribution in [0.1, 0.15) is 60.6 Å². The van der Waals surface area contributed by atoms with E-state index in [4.69, 9.17) is 15.2 Å². The molecule has 3 heterocycles. The number of benzene rings is 2. The van der Waals surface area contributed by atoms with E-state index in [0.29, 0.717) is 24.1 Å². The van der Waals surface area contributed by atoms with Crippen LogP contribution in [0.5, 0.6) is 0 Å². The number of aromatic nitrogens is 1. The zero-order valence-electron chi connectivity index (χ0n) is 22.2. The number of aryl methyl sites for hydroxylation is 1. The van der Waals surface area contributed by atoms with E-state index < -0.39 is 23.9 Å². The quantitative estimate of drug-likeness (QED) is 0.469. The van der Waals surface area contributed by atoms with Crippen LogP contribution in [0.15, 0.2) is 73.1 Å². The largest absolute Gasteiger partial charge is 0.366 e. The maximum Gasteiger partial charge on any atom is 0.255 e. The normalized spacial score (nSPS) is 22.1. The lowest BCUT2D eigenvalue weighted by Gasteiger charge is -2.28. The third kappa shape index (κ3) is 5.77. The molecular weight excluding hydrogens is 494 g/mol. The third-order valence-electron chi connectivity index (χ3n) is 7.39. The summed E-state index contributed by atoms with van der Waals surface area (Å²) >= 11 is 0. The molecule has 2 aliphatic heterocycles. The van der Waals surface area contributed by atoms with Crippen LogP contribution in [-0.2, 0) is 25.5 Å². The summed E-state index contributed by atoms with van der Waals surface area (Å²) in [7, 11) is 0. The number of likely N-dealkylation sites (tertiary alicyclic amines) is 1. The number of Topliss-reactive ketones (excluding diaryl/α,β-unsaturated/α-hetero) is 1. The number of hydrogen-bond donors (Lipinski definition) is 1. The molecule has 0 spiro atoms. The van der Waals surface area contributed by atoms with E-state index >= 15 is 0 Å². The van der Waals surface area contributed by atoms with E-state index in [-0.39, 0.29) is 24.2 Å². The molecule has 202 valence electrons. The molecule has 39 heavy (non-hydrogen) atoms. The smallest absolute Gasteiger partial charge is 0.255 e. The van der Waals surface area contributed by atoms with Crippen molar-refractivity contribution in [2.24, 2.45) is 5.73 Å². The number of ketones is 1. The lowest BCUT2D eigenvalue weighted by atomic mass is 9.97. The van der Waals surface area contributed by atoms with Crippen LogP contribution < -0.4 is 5.73 Å². The van der Waals surface area contributed by atoms with Gasteiger partial charge in [-0.3, -0.25) is 19.4 Å². The maximum atomic E-state index is 13.7. The molecule has 2 fully saturated rings. The Hall–Kier alpha value is -3.88. The molecule has 2 amide bonds. The van der Waals surface area contributed by atoms with Gasteiger partial charge in [0.2, 0.25) is 0 Å². The van der Waals surface area contributed by atoms with Gasteiger partial charge >= 0.3 is 0 Å². The molecule has 8 nitrogen and oxygen atoms in total. The Kier molecular flexibility index (Phi) is 7.59. The fraction of sp³-hybridized carbons (Fsp3) is 0.355. The molecule has 2 aromatic carbocycles. The fourth-order valence-corrected chi connectivity index (χ4v) is 5.50. The first kappa shape index (κ1) is 26.7. The molecule has 2 aliphatic rings. The number of primary amides is 1. The lowest BCUT2D eigenvalue weighted by molar-refractivity contribution is -0.163. The summed E-state index contributed by atoms with van der Waals surface area (Å²) in [6.45, 7) is 4.09. The van der Waals surface area contributed by atoms with Crippen molar-refractivity contribution in [3.63, 3.8) is 0 Å². The molecule has 8 heteroatoms. The Labute approximate surface area is 228 Å². The number of nitrogens with zero attached hydrogens (tertiary/aromatic N) is 2. The molecular formula is C31H33N3O5. The van der Waals surface area contributed by atoms with Crippen molar-refractivity contribution >= 4 is 17.6 Å². The van der Waals surface area contributed by atoms with Gasteiger partial charge in [0.15, 0.2) is 23.8 Å². The minimum Gasteiger partial charge on any atom is -0.366 e. The highest BCUT2D eigenvalue weighted by Crippen LogP contribution is 2.37. The highest BCUT2D eigenvalue weighted by Gasteiger charge is 2.50. The van der Waals surface area contributed by atoms with E-state index in [1.165, 1.54) is 6.20 Å². The highest BCUT2D eigenvalue weighted by atomic mass is 16.8. The Morgan fingerprint density at radius 2 is 1.72 bits per heavy atom.